The maximum atomic E-state index is 12.7. The number of rotatable bonds is 3. The molecule has 7 heteroatoms. The summed E-state index contributed by atoms with van der Waals surface area (Å²) in [4.78, 5) is 31.7. The first kappa shape index (κ1) is 18.4. The molecule has 3 rings (SSSR count). The second kappa shape index (κ2) is 7.86. The van der Waals surface area contributed by atoms with Gasteiger partial charge in [0.05, 0.1) is 5.69 Å². The number of nitrogens with zero attached hydrogens (tertiary/aromatic N) is 2. The number of nitrogens with one attached hydrogen (secondary N) is 2. The summed E-state index contributed by atoms with van der Waals surface area (Å²) in [6, 6.07) is 7.18. The molecule has 0 saturated carbocycles. The van der Waals surface area contributed by atoms with Crippen LogP contribution in [0.2, 0.25) is 0 Å². The lowest BCUT2D eigenvalue weighted by atomic mass is 9.99. The highest BCUT2D eigenvalue weighted by molar-refractivity contribution is 7.17. The van der Waals surface area contributed by atoms with Crippen LogP contribution in [0.4, 0.5) is 15.6 Å². The summed E-state index contributed by atoms with van der Waals surface area (Å²) in [6.45, 7) is 7.58. The van der Waals surface area contributed by atoms with E-state index in [0.29, 0.717) is 27.3 Å². The van der Waals surface area contributed by atoms with E-state index in [2.05, 4.69) is 22.5 Å². The van der Waals surface area contributed by atoms with E-state index in [1.54, 1.807) is 6.92 Å². The Balaban J connectivity index is 1.63. The maximum absolute atomic E-state index is 12.7. The van der Waals surface area contributed by atoms with Crippen LogP contribution in [-0.4, -0.2) is 34.9 Å². The molecule has 3 amide bonds. The van der Waals surface area contributed by atoms with Crippen molar-refractivity contribution in [2.75, 3.05) is 23.7 Å². The Morgan fingerprint density at radius 3 is 2.42 bits per heavy atom. The van der Waals surface area contributed by atoms with Crippen LogP contribution < -0.4 is 10.6 Å². The van der Waals surface area contributed by atoms with Gasteiger partial charge in [-0.15, -0.1) is 0 Å². The van der Waals surface area contributed by atoms with E-state index in [-0.39, 0.29) is 11.9 Å². The molecule has 2 heterocycles. The van der Waals surface area contributed by atoms with Gasteiger partial charge in [0.2, 0.25) is 0 Å². The minimum Gasteiger partial charge on any atom is -0.338 e. The summed E-state index contributed by atoms with van der Waals surface area (Å²) >= 11 is 1.23. The van der Waals surface area contributed by atoms with Crippen LogP contribution in [0, 0.1) is 19.8 Å². The monoisotopic (exact) mass is 372 g/mol. The maximum Gasteiger partial charge on any atom is 0.325 e. The molecule has 1 aromatic carbocycles. The van der Waals surface area contributed by atoms with Crippen molar-refractivity contribution in [1.29, 1.82) is 0 Å². The molecular weight excluding hydrogens is 348 g/mol. The standard InChI is InChI=1S/C19H24N4O2S/c1-12-4-6-15(7-5-12)21-18(25)22-19-20-14(3)16(26-19)17(24)23-10-8-13(2)9-11-23/h4-7,13H,8-11H2,1-3H3,(H2,20,21,22,25). The highest BCUT2D eigenvalue weighted by atomic mass is 32.1. The van der Waals surface area contributed by atoms with Crippen molar-refractivity contribution in [3.63, 3.8) is 0 Å². The van der Waals surface area contributed by atoms with Gasteiger partial charge in [-0.2, -0.15) is 0 Å². The van der Waals surface area contributed by atoms with Gasteiger partial charge in [-0.25, -0.2) is 9.78 Å². The Hall–Kier alpha value is -2.41. The van der Waals surface area contributed by atoms with Gasteiger partial charge in [-0.3, -0.25) is 10.1 Å². The number of anilines is 2. The second-order valence-corrected chi connectivity index (χ2v) is 7.85. The third-order valence-corrected chi connectivity index (χ3v) is 5.65. The topological polar surface area (TPSA) is 74.3 Å². The summed E-state index contributed by atoms with van der Waals surface area (Å²) in [5, 5.41) is 5.91. The molecule has 0 radical (unpaired) electrons. The van der Waals surface area contributed by atoms with E-state index in [9.17, 15) is 9.59 Å². The summed E-state index contributed by atoms with van der Waals surface area (Å²) in [6.07, 6.45) is 2.07. The van der Waals surface area contributed by atoms with Gasteiger partial charge in [-0.1, -0.05) is 36.0 Å². The van der Waals surface area contributed by atoms with Gasteiger partial charge in [-0.05, 0) is 44.7 Å². The van der Waals surface area contributed by atoms with Crippen LogP contribution in [0.3, 0.4) is 0 Å². The molecule has 0 spiro atoms. The van der Waals surface area contributed by atoms with Crippen LogP contribution in [0.5, 0.6) is 0 Å². The predicted octanol–water partition coefficient (Wildman–Crippen LogP) is 4.28. The quantitative estimate of drug-likeness (QED) is 0.845. The van der Waals surface area contributed by atoms with E-state index >= 15 is 0 Å². The minimum atomic E-state index is -0.367. The fourth-order valence-electron chi connectivity index (χ4n) is 2.90. The summed E-state index contributed by atoms with van der Waals surface area (Å²) < 4.78 is 0. The first-order valence-electron chi connectivity index (χ1n) is 8.83. The van der Waals surface area contributed by atoms with E-state index < -0.39 is 0 Å². The zero-order valence-corrected chi connectivity index (χ0v) is 16.2. The van der Waals surface area contributed by atoms with Crippen molar-refractivity contribution < 1.29 is 9.59 Å². The van der Waals surface area contributed by atoms with E-state index in [1.165, 1.54) is 11.3 Å². The summed E-state index contributed by atoms with van der Waals surface area (Å²) in [5.41, 5.74) is 2.49. The number of urea groups is 1. The normalized spacial score (nSPS) is 15.0. The average Bonchev–Trinajstić information content (AvgIpc) is 2.97. The highest BCUT2D eigenvalue weighted by Gasteiger charge is 2.25. The lowest BCUT2D eigenvalue weighted by molar-refractivity contribution is 0.0701. The Labute approximate surface area is 157 Å². The SMILES string of the molecule is Cc1ccc(NC(=O)Nc2nc(C)c(C(=O)N3CCC(C)CC3)s2)cc1. The molecule has 0 unspecified atom stereocenters. The number of hydrogen-bond donors (Lipinski definition) is 2. The molecule has 1 aromatic heterocycles. The molecule has 26 heavy (non-hydrogen) atoms. The number of carbonyl (C=O) groups excluding carboxylic acids is 2. The number of thiazole rings is 1. The van der Waals surface area contributed by atoms with Crippen molar-refractivity contribution in [2.24, 2.45) is 5.92 Å². The number of likely N-dealkylation sites (tertiary alicyclic amines) is 1. The zero-order chi connectivity index (χ0) is 18.7. The molecule has 138 valence electrons. The van der Waals surface area contributed by atoms with Crippen LogP contribution in [-0.2, 0) is 0 Å². The molecule has 6 nitrogen and oxygen atoms in total. The van der Waals surface area contributed by atoms with Crippen molar-refractivity contribution >= 4 is 34.1 Å². The summed E-state index contributed by atoms with van der Waals surface area (Å²) in [5.74, 6) is 0.684. The number of amides is 3. The van der Waals surface area contributed by atoms with E-state index in [1.807, 2.05) is 36.1 Å². The van der Waals surface area contributed by atoms with E-state index in [4.69, 9.17) is 0 Å². The average molecular weight is 372 g/mol. The van der Waals surface area contributed by atoms with Crippen LogP contribution in [0.25, 0.3) is 0 Å². The molecule has 0 aliphatic carbocycles. The lowest BCUT2D eigenvalue weighted by Crippen LogP contribution is -2.37. The Morgan fingerprint density at radius 2 is 1.77 bits per heavy atom. The van der Waals surface area contributed by atoms with Gasteiger partial charge in [0.25, 0.3) is 5.91 Å². The first-order valence-corrected chi connectivity index (χ1v) is 9.65. The highest BCUT2D eigenvalue weighted by Crippen LogP contribution is 2.26. The Morgan fingerprint density at radius 1 is 1.12 bits per heavy atom. The van der Waals surface area contributed by atoms with Crippen molar-refractivity contribution in [3.05, 3.63) is 40.4 Å². The minimum absolute atomic E-state index is 0.0129. The van der Waals surface area contributed by atoms with Gasteiger partial charge in [0.1, 0.15) is 4.88 Å². The molecule has 2 aromatic rings. The molecule has 0 bridgehead atoms. The van der Waals surface area contributed by atoms with Gasteiger partial charge >= 0.3 is 6.03 Å². The third-order valence-electron chi connectivity index (χ3n) is 4.59. The van der Waals surface area contributed by atoms with Gasteiger partial charge in [0.15, 0.2) is 5.13 Å². The van der Waals surface area contributed by atoms with Crippen molar-refractivity contribution in [1.82, 2.24) is 9.88 Å². The number of benzene rings is 1. The van der Waals surface area contributed by atoms with Crippen molar-refractivity contribution in [2.45, 2.75) is 33.6 Å². The number of aromatic nitrogens is 1. The predicted molar refractivity (Wildman–Crippen MR) is 105 cm³/mol. The largest absolute Gasteiger partial charge is 0.338 e. The molecule has 1 aliphatic heterocycles. The van der Waals surface area contributed by atoms with E-state index in [0.717, 1.165) is 31.5 Å². The molecule has 0 atom stereocenters. The molecule has 2 N–H and O–H groups in total. The number of carbonyl (C=O) groups is 2. The second-order valence-electron chi connectivity index (χ2n) is 6.85. The summed E-state index contributed by atoms with van der Waals surface area (Å²) in [7, 11) is 0. The zero-order valence-electron chi connectivity index (χ0n) is 15.3. The smallest absolute Gasteiger partial charge is 0.325 e. The van der Waals surface area contributed by atoms with Gasteiger partial charge < -0.3 is 10.2 Å². The number of hydrogen-bond acceptors (Lipinski definition) is 4. The lowest BCUT2D eigenvalue weighted by Gasteiger charge is -2.29. The molecule has 1 fully saturated rings. The first-order chi connectivity index (χ1) is 12.4. The Bertz CT molecular complexity index is 792. The molecule has 1 saturated heterocycles. The van der Waals surface area contributed by atoms with Gasteiger partial charge in [0, 0.05) is 18.8 Å². The van der Waals surface area contributed by atoms with Crippen LogP contribution >= 0.6 is 11.3 Å². The van der Waals surface area contributed by atoms with Crippen LogP contribution in [0.1, 0.15) is 40.7 Å². The fraction of sp³-hybridized carbons (Fsp3) is 0.421. The molecule has 1 aliphatic rings. The molecular formula is C19H24N4O2S. The van der Waals surface area contributed by atoms with Crippen LogP contribution in [0.15, 0.2) is 24.3 Å². The van der Waals surface area contributed by atoms with Crippen molar-refractivity contribution in [3.8, 4) is 0 Å². The Kier molecular flexibility index (Phi) is 5.56. The third kappa shape index (κ3) is 4.40. The number of piperidine rings is 1. The number of aryl methyl sites for hydroxylation is 2. The fourth-order valence-corrected chi connectivity index (χ4v) is 3.83.